The minimum atomic E-state index is 0. The number of aromatic amines is 1. The van der Waals surface area contributed by atoms with Crippen molar-refractivity contribution in [2.75, 3.05) is 24.7 Å². The van der Waals surface area contributed by atoms with Gasteiger partial charge in [-0.1, -0.05) is 0 Å². The molecule has 94 valence electrons. The van der Waals surface area contributed by atoms with Crippen molar-refractivity contribution in [1.29, 1.82) is 0 Å². The molecule has 0 aliphatic heterocycles. The van der Waals surface area contributed by atoms with Crippen molar-refractivity contribution in [3.63, 3.8) is 0 Å². The number of halogens is 2. The highest BCUT2D eigenvalue weighted by atomic mass is 35.5. The van der Waals surface area contributed by atoms with Gasteiger partial charge in [-0.25, -0.2) is 4.98 Å². The average Bonchev–Trinajstić information content (AvgIpc) is 2.65. The monoisotopic (exact) mass is 276 g/mol. The zero-order chi connectivity index (χ0) is 10.8. The maximum absolute atomic E-state index is 5.43. The van der Waals surface area contributed by atoms with E-state index in [9.17, 15) is 0 Å². The molecule has 0 saturated heterocycles. The van der Waals surface area contributed by atoms with Crippen LogP contribution in [-0.4, -0.2) is 34.3 Å². The van der Waals surface area contributed by atoms with E-state index in [0.717, 1.165) is 11.4 Å². The Morgan fingerprint density at radius 1 is 1.29 bits per heavy atom. The SMILES string of the molecule is CN(C)c1cc(-c2nc(N)n[nH]2)ccn1.Cl.Cl. The molecule has 0 saturated carbocycles. The Kier molecular flexibility index (Phi) is 5.70. The van der Waals surface area contributed by atoms with Crippen LogP contribution in [0, 0.1) is 0 Å². The molecule has 0 radical (unpaired) electrons. The van der Waals surface area contributed by atoms with Crippen LogP contribution in [0.5, 0.6) is 0 Å². The Morgan fingerprint density at radius 3 is 2.53 bits per heavy atom. The quantitative estimate of drug-likeness (QED) is 0.865. The van der Waals surface area contributed by atoms with E-state index in [1.807, 2.05) is 31.1 Å². The summed E-state index contributed by atoms with van der Waals surface area (Å²) in [4.78, 5) is 10.2. The van der Waals surface area contributed by atoms with Gasteiger partial charge in [-0.2, -0.15) is 4.98 Å². The Labute approximate surface area is 111 Å². The van der Waals surface area contributed by atoms with Crippen LogP contribution < -0.4 is 10.6 Å². The van der Waals surface area contributed by atoms with Crippen molar-refractivity contribution in [1.82, 2.24) is 20.2 Å². The number of rotatable bonds is 2. The van der Waals surface area contributed by atoms with Crippen LogP contribution in [0.2, 0.25) is 0 Å². The van der Waals surface area contributed by atoms with E-state index in [0.29, 0.717) is 5.82 Å². The topological polar surface area (TPSA) is 83.7 Å². The van der Waals surface area contributed by atoms with Gasteiger partial charge in [-0.3, -0.25) is 5.10 Å². The van der Waals surface area contributed by atoms with E-state index in [1.54, 1.807) is 6.20 Å². The molecule has 0 bridgehead atoms. The summed E-state index contributed by atoms with van der Waals surface area (Å²) < 4.78 is 0. The number of nitrogens with zero attached hydrogens (tertiary/aromatic N) is 4. The molecule has 0 atom stereocenters. The molecule has 0 fully saturated rings. The highest BCUT2D eigenvalue weighted by Gasteiger charge is 2.05. The molecule has 2 heterocycles. The molecule has 0 unspecified atom stereocenters. The summed E-state index contributed by atoms with van der Waals surface area (Å²) in [5, 5.41) is 6.53. The second kappa shape index (κ2) is 6.27. The molecule has 8 heteroatoms. The third-order valence-corrected chi connectivity index (χ3v) is 1.98. The van der Waals surface area contributed by atoms with Gasteiger partial charge in [-0.15, -0.1) is 29.9 Å². The largest absolute Gasteiger partial charge is 0.366 e. The average molecular weight is 277 g/mol. The number of anilines is 2. The molecule has 2 aromatic heterocycles. The summed E-state index contributed by atoms with van der Waals surface area (Å²) in [5.74, 6) is 1.76. The Morgan fingerprint density at radius 2 is 2.00 bits per heavy atom. The van der Waals surface area contributed by atoms with Gasteiger partial charge in [0.2, 0.25) is 5.95 Å². The Bertz CT molecular complexity index is 470. The van der Waals surface area contributed by atoms with E-state index in [-0.39, 0.29) is 30.8 Å². The second-order valence-corrected chi connectivity index (χ2v) is 3.34. The molecule has 6 nitrogen and oxygen atoms in total. The summed E-state index contributed by atoms with van der Waals surface area (Å²) in [7, 11) is 3.86. The minimum absolute atomic E-state index is 0. The lowest BCUT2D eigenvalue weighted by molar-refractivity contribution is 1.06. The first-order valence-electron chi connectivity index (χ1n) is 4.48. The number of pyridine rings is 1. The van der Waals surface area contributed by atoms with Crippen LogP contribution in [0.15, 0.2) is 18.3 Å². The van der Waals surface area contributed by atoms with E-state index >= 15 is 0 Å². The van der Waals surface area contributed by atoms with Gasteiger partial charge in [0.05, 0.1) is 0 Å². The van der Waals surface area contributed by atoms with Crippen molar-refractivity contribution in [3.8, 4) is 11.4 Å². The van der Waals surface area contributed by atoms with E-state index in [1.165, 1.54) is 0 Å². The fraction of sp³-hybridized carbons (Fsp3) is 0.222. The maximum Gasteiger partial charge on any atom is 0.239 e. The lowest BCUT2D eigenvalue weighted by Crippen LogP contribution is -2.10. The Balaban J connectivity index is 0.00000128. The van der Waals surface area contributed by atoms with Crippen molar-refractivity contribution < 1.29 is 0 Å². The van der Waals surface area contributed by atoms with Crippen LogP contribution in [-0.2, 0) is 0 Å². The lowest BCUT2D eigenvalue weighted by Gasteiger charge is -2.10. The molecule has 0 aliphatic rings. The van der Waals surface area contributed by atoms with E-state index < -0.39 is 0 Å². The second-order valence-electron chi connectivity index (χ2n) is 3.34. The van der Waals surface area contributed by atoms with Crippen molar-refractivity contribution >= 4 is 36.6 Å². The first-order valence-corrected chi connectivity index (χ1v) is 4.48. The van der Waals surface area contributed by atoms with Crippen molar-refractivity contribution in [3.05, 3.63) is 18.3 Å². The van der Waals surface area contributed by atoms with Crippen LogP contribution in [0.4, 0.5) is 11.8 Å². The van der Waals surface area contributed by atoms with Crippen molar-refractivity contribution in [2.24, 2.45) is 0 Å². The molecule has 2 rings (SSSR count). The number of hydrogen-bond acceptors (Lipinski definition) is 5. The summed E-state index contributed by atoms with van der Waals surface area (Å²) >= 11 is 0. The number of hydrogen-bond donors (Lipinski definition) is 2. The summed E-state index contributed by atoms with van der Waals surface area (Å²) in [6.07, 6.45) is 1.73. The molecule has 0 amide bonds. The molecule has 17 heavy (non-hydrogen) atoms. The molecule has 0 aliphatic carbocycles. The molecule has 0 aromatic carbocycles. The highest BCUT2D eigenvalue weighted by molar-refractivity contribution is 5.85. The normalized spacial score (nSPS) is 9.06. The van der Waals surface area contributed by atoms with Gasteiger partial charge >= 0.3 is 0 Å². The van der Waals surface area contributed by atoms with Gasteiger partial charge in [-0.05, 0) is 12.1 Å². The first-order chi connectivity index (χ1) is 7.16. The molecular weight excluding hydrogens is 263 g/mol. The van der Waals surface area contributed by atoms with Gasteiger partial charge in [0.1, 0.15) is 5.82 Å². The fourth-order valence-corrected chi connectivity index (χ4v) is 1.21. The van der Waals surface area contributed by atoms with Gasteiger partial charge < -0.3 is 10.6 Å². The van der Waals surface area contributed by atoms with Crippen LogP contribution in [0.3, 0.4) is 0 Å². The van der Waals surface area contributed by atoms with Gasteiger partial charge in [0.15, 0.2) is 5.82 Å². The fourth-order valence-electron chi connectivity index (χ4n) is 1.21. The number of nitrogen functional groups attached to an aromatic ring is 1. The van der Waals surface area contributed by atoms with Gasteiger partial charge in [0.25, 0.3) is 0 Å². The summed E-state index contributed by atoms with van der Waals surface area (Å²) in [6.45, 7) is 0. The third-order valence-electron chi connectivity index (χ3n) is 1.98. The minimum Gasteiger partial charge on any atom is -0.366 e. The standard InChI is InChI=1S/C9H12N6.2ClH/c1-15(2)7-5-6(3-4-11-7)8-12-9(10)14-13-8;;/h3-5H,1-2H3,(H3,10,12,13,14);2*1H. The summed E-state index contributed by atoms with van der Waals surface area (Å²) in [5.41, 5.74) is 6.35. The number of aromatic nitrogens is 4. The highest BCUT2D eigenvalue weighted by Crippen LogP contribution is 2.18. The van der Waals surface area contributed by atoms with E-state index in [4.69, 9.17) is 5.73 Å². The smallest absolute Gasteiger partial charge is 0.239 e. The van der Waals surface area contributed by atoms with Gasteiger partial charge in [0, 0.05) is 25.9 Å². The van der Waals surface area contributed by atoms with Crippen LogP contribution in [0.1, 0.15) is 0 Å². The zero-order valence-corrected chi connectivity index (χ0v) is 11.0. The molecule has 2 aromatic rings. The number of H-pyrrole nitrogens is 1. The summed E-state index contributed by atoms with van der Waals surface area (Å²) in [6, 6.07) is 3.77. The number of nitrogens with two attached hydrogens (primary N) is 1. The molecule has 3 N–H and O–H groups in total. The zero-order valence-electron chi connectivity index (χ0n) is 9.41. The van der Waals surface area contributed by atoms with Crippen LogP contribution >= 0.6 is 24.8 Å². The lowest BCUT2D eigenvalue weighted by atomic mass is 10.2. The molecule has 0 spiro atoms. The van der Waals surface area contributed by atoms with E-state index in [2.05, 4.69) is 20.2 Å². The predicted molar refractivity (Wildman–Crippen MR) is 72.8 cm³/mol. The first kappa shape index (κ1) is 15.5. The predicted octanol–water partition coefficient (Wildman–Crippen LogP) is 1.36. The third kappa shape index (κ3) is 3.47. The Hall–Kier alpha value is -1.53. The maximum atomic E-state index is 5.43. The number of nitrogens with one attached hydrogen (secondary N) is 1. The van der Waals surface area contributed by atoms with Crippen molar-refractivity contribution in [2.45, 2.75) is 0 Å². The van der Waals surface area contributed by atoms with Crippen LogP contribution in [0.25, 0.3) is 11.4 Å². The molecular formula is C9H14Cl2N6.